The van der Waals surface area contributed by atoms with Gasteiger partial charge < -0.3 is 9.73 Å². The van der Waals surface area contributed by atoms with Crippen molar-refractivity contribution in [1.29, 1.82) is 0 Å². The summed E-state index contributed by atoms with van der Waals surface area (Å²) in [6, 6.07) is 5.14. The number of furan rings is 1. The third-order valence-corrected chi connectivity index (χ3v) is 3.77. The molecule has 1 aromatic heterocycles. The van der Waals surface area contributed by atoms with Gasteiger partial charge in [0.15, 0.2) is 0 Å². The number of hydrogen-bond acceptors (Lipinski definition) is 3. The first kappa shape index (κ1) is 12.7. The van der Waals surface area contributed by atoms with Crippen LogP contribution in [0.25, 0.3) is 0 Å². The molecular weight excluding hydrogens is 212 g/mol. The zero-order valence-electron chi connectivity index (χ0n) is 11.4. The molecule has 1 aliphatic rings. The van der Waals surface area contributed by atoms with E-state index in [2.05, 4.69) is 43.1 Å². The molecule has 17 heavy (non-hydrogen) atoms. The van der Waals surface area contributed by atoms with Gasteiger partial charge in [0.2, 0.25) is 0 Å². The summed E-state index contributed by atoms with van der Waals surface area (Å²) < 4.78 is 5.76. The summed E-state index contributed by atoms with van der Waals surface area (Å²) in [6.07, 6.45) is 0. The topological polar surface area (TPSA) is 28.4 Å². The maximum absolute atomic E-state index is 5.76. The van der Waals surface area contributed by atoms with Crippen LogP contribution in [0.2, 0.25) is 0 Å². The zero-order chi connectivity index (χ0) is 12.4. The fraction of sp³-hybridized carbons (Fsp3) is 0.714. The Balaban J connectivity index is 2.13. The van der Waals surface area contributed by atoms with Gasteiger partial charge in [0.25, 0.3) is 0 Å². The van der Waals surface area contributed by atoms with Gasteiger partial charge in [-0.05, 0) is 31.9 Å². The molecule has 0 aliphatic carbocycles. The highest BCUT2D eigenvalue weighted by Gasteiger charge is 2.30. The predicted molar refractivity (Wildman–Crippen MR) is 70.1 cm³/mol. The number of nitrogens with zero attached hydrogens (tertiary/aromatic N) is 1. The Bertz CT molecular complexity index is 359. The molecular formula is C14H24N2O. The molecule has 2 heterocycles. The molecule has 0 amide bonds. The maximum Gasteiger partial charge on any atom is 0.121 e. The Morgan fingerprint density at radius 2 is 2.12 bits per heavy atom. The van der Waals surface area contributed by atoms with Crippen LogP contribution >= 0.6 is 0 Å². The van der Waals surface area contributed by atoms with Gasteiger partial charge in [0, 0.05) is 25.7 Å². The molecule has 1 saturated heterocycles. The molecule has 1 fully saturated rings. The second-order valence-corrected chi connectivity index (χ2v) is 5.38. The third-order valence-electron chi connectivity index (χ3n) is 3.77. The van der Waals surface area contributed by atoms with E-state index in [1.54, 1.807) is 0 Å². The normalized spacial score (nSPS) is 24.2. The standard InChI is InChI=1S/C14H24N2O/c1-10(2)13-9-15-7-8-16(13)12(4)14-6-5-11(3)17-14/h5-6,10,12-13,15H,7-9H2,1-4H3. The Labute approximate surface area is 104 Å². The first-order valence-electron chi connectivity index (χ1n) is 6.62. The summed E-state index contributed by atoms with van der Waals surface area (Å²) in [6.45, 7) is 12.1. The van der Waals surface area contributed by atoms with E-state index in [1.165, 1.54) is 0 Å². The van der Waals surface area contributed by atoms with Gasteiger partial charge in [0.05, 0.1) is 6.04 Å². The van der Waals surface area contributed by atoms with Gasteiger partial charge in [0.1, 0.15) is 11.5 Å². The van der Waals surface area contributed by atoms with E-state index in [9.17, 15) is 0 Å². The molecule has 3 nitrogen and oxygen atoms in total. The molecule has 1 aromatic rings. The lowest BCUT2D eigenvalue weighted by atomic mass is 9.98. The highest BCUT2D eigenvalue weighted by atomic mass is 16.3. The van der Waals surface area contributed by atoms with E-state index >= 15 is 0 Å². The van der Waals surface area contributed by atoms with E-state index in [-0.39, 0.29) is 0 Å². The fourth-order valence-corrected chi connectivity index (χ4v) is 2.68. The van der Waals surface area contributed by atoms with Crippen LogP contribution in [0.15, 0.2) is 16.5 Å². The van der Waals surface area contributed by atoms with Gasteiger partial charge in [-0.3, -0.25) is 4.90 Å². The molecule has 2 rings (SSSR count). The quantitative estimate of drug-likeness (QED) is 0.874. The van der Waals surface area contributed by atoms with Gasteiger partial charge in [-0.1, -0.05) is 13.8 Å². The molecule has 2 unspecified atom stereocenters. The van der Waals surface area contributed by atoms with Gasteiger partial charge in [-0.25, -0.2) is 0 Å². The highest BCUT2D eigenvalue weighted by Crippen LogP contribution is 2.27. The van der Waals surface area contributed by atoms with E-state index in [0.717, 1.165) is 31.2 Å². The van der Waals surface area contributed by atoms with E-state index in [1.807, 2.05) is 6.92 Å². The number of aryl methyl sites for hydroxylation is 1. The Hall–Kier alpha value is -0.800. The van der Waals surface area contributed by atoms with Crippen molar-refractivity contribution >= 4 is 0 Å². The number of piperazine rings is 1. The van der Waals surface area contributed by atoms with Crippen molar-refractivity contribution in [3.8, 4) is 0 Å². The van der Waals surface area contributed by atoms with Crippen LogP contribution in [0, 0.1) is 12.8 Å². The first-order chi connectivity index (χ1) is 8.09. The van der Waals surface area contributed by atoms with Crippen LogP contribution in [0.5, 0.6) is 0 Å². The first-order valence-corrected chi connectivity index (χ1v) is 6.62. The Morgan fingerprint density at radius 1 is 1.35 bits per heavy atom. The molecule has 1 aliphatic heterocycles. The maximum atomic E-state index is 5.76. The van der Waals surface area contributed by atoms with Gasteiger partial charge in [-0.15, -0.1) is 0 Å². The lowest BCUT2D eigenvalue weighted by molar-refractivity contribution is 0.0738. The number of hydrogen-bond donors (Lipinski definition) is 1. The third kappa shape index (κ3) is 2.72. The molecule has 0 saturated carbocycles. The van der Waals surface area contributed by atoms with Crippen LogP contribution in [-0.2, 0) is 0 Å². The van der Waals surface area contributed by atoms with Crippen LogP contribution in [0.4, 0.5) is 0 Å². The molecule has 1 N–H and O–H groups in total. The minimum Gasteiger partial charge on any atom is -0.465 e. The van der Waals surface area contributed by atoms with Gasteiger partial charge >= 0.3 is 0 Å². The molecule has 0 radical (unpaired) electrons. The van der Waals surface area contributed by atoms with E-state index in [4.69, 9.17) is 4.42 Å². The number of nitrogens with one attached hydrogen (secondary N) is 1. The van der Waals surface area contributed by atoms with E-state index in [0.29, 0.717) is 18.0 Å². The minimum atomic E-state index is 0.373. The summed E-state index contributed by atoms with van der Waals surface area (Å²) >= 11 is 0. The molecule has 0 aromatic carbocycles. The second kappa shape index (κ2) is 5.23. The fourth-order valence-electron chi connectivity index (χ4n) is 2.68. The Kier molecular flexibility index (Phi) is 3.89. The molecule has 0 bridgehead atoms. The average Bonchev–Trinajstić information content (AvgIpc) is 2.75. The second-order valence-electron chi connectivity index (χ2n) is 5.38. The Morgan fingerprint density at radius 3 is 2.71 bits per heavy atom. The molecule has 2 atom stereocenters. The molecule has 3 heteroatoms. The minimum absolute atomic E-state index is 0.373. The predicted octanol–water partition coefficient (Wildman–Crippen LogP) is 2.58. The van der Waals surface area contributed by atoms with Crippen LogP contribution in [-0.4, -0.2) is 30.6 Å². The van der Waals surface area contributed by atoms with Crippen LogP contribution < -0.4 is 5.32 Å². The largest absolute Gasteiger partial charge is 0.465 e. The monoisotopic (exact) mass is 236 g/mol. The summed E-state index contributed by atoms with van der Waals surface area (Å²) in [5.74, 6) is 2.76. The average molecular weight is 236 g/mol. The van der Waals surface area contributed by atoms with E-state index < -0.39 is 0 Å². The lowest BCUT2D eigenvalue weighted by Gasteiger charge is -2.41. The van der Waals surface area contributed by atoms with Crippen molar-refractivity contribution in [2.45, 2.75) is 39.8 Å². The van der Waals surface area contributed by atoms with Crippen molar-refractivity contribution in [3.63, 3.8) is 0 Å². The molecule has 96 valence electrons. The SMILES string of the molecule is Cc1ccc(C(C)N2CCNCC2C(C)C)o1. The van der Waals surface area contributed by atoms with Gasteiger partial charge in [-0.2, -0.15) is 0 Å². The number of rotatable bonds is 3. The van der Waals surface area contributed by atoms with Crippen molar-refractivity contribution in [2.24, 2.45) is 5.92 Å². The smallest absolute Gasteiger partial charge is 0.121 e. The van der Waals surface area contributed by atoms with Crippen molar-refractivity contribution < 1.29 is 4.42 Å². The lowest BCUT2D eigenvalue weighted by Crippen LogP contribution is -2.54. The summed E-state index contributed by atoms with van der Waals surface area (Å²) in [5.41, 5.74) is 0. The summed E-state index contributed by atoms with van der Waals surface area (Å²) in [4.78, 5) is 2.57. The molecule has 0 spiro atoms. The van der Waals surface area contributed by atoms with Crippen LogP contribution in [0.3, 0.4) is 0 Å². The van der Waals surface area contributed by atoms with Crippen LogP contribution in [0.1, 0.15) is 38.3 Å². The van der Waals surface area contributed by atoms with Crippen molar-refractivity contribution in [3.05, 3.63) is 23.7 Å². The zero-order valence-corrected chi connectivity index (χ0v) is 11.4. The van der Waals surface area contributed by atoms with Crippen molar-refractivity contribution in [2.75, 3.05) is 19.6 Å². The van der Waals surface area contributed by atoms with Crippen molar-refractivity contribution in [1.82, 2.24) is 10.2 Å². The summed E-state index contributed by atoms with van der Waals surface area (Å²) in [5, 5.41) is 3.49. The highest BCUT2D eigenvalue weighted by molar-refractivity contribution is 5.10. The summed E-state index contributed by atoms with van der Waals surface area (Å²) in [7, 11) is 0.